The lowest BCUT2D eigenvalue weighted by Crippen LogP contribution is -2.41. The number of amides is 2. The summed E-state index contributed by atoms with van der Waals surface area (Å²) in [7, 11) is -4.19. The number of rotatable bonds is 12. The molecule has 10 nitrogen and oxygen atoms in total. The molecule has 2 aromatic carbocycles. The second kappa shape index (κ2) is 12.0. The molecule has 12 heteroatoms. The molecule has 4 N–H and O–H groups in total. The van der Waals surface area contributed by atoms with Gasteiger partial charge in [-0.05, 0) is 54.2 Å². The Morgan fingerprint density at radius 2 is 1.97 bits per heavy atom. The van der Waals surface area contributed by atoms with Gasteiger partial charge in [0.1, 0.15) is 6.04 Å². The molecule has 2 amide bonds. The van der Waals surface area contributed by atoms with Crippen molar-refractivity contribution >= 4 is 45.5 Å². The van der Waals surface area contributed by atoms with Gasteiger partial charge < -0.3 is 15.7 Å². The average Bonchev–Trinajstić information content (AvgIpc) is 3.25. The van der Waals surface area contributed by atoms with Gasteiger partial charge in [-0.15, -0.1) is 0 Å². The molecule has 35 heavy (non-hydrogen) atoms. The van der Waals surface area contributed by atoms with E-state index in [0.29, 0.717) is 29.7 Å². The van der Waals surface area contributed by atoms with Crippen molar-refractivity contribution in [1.82, 2.24) is 10.6 Å². The van der Waals surface area contributed by atoms with Crippen LogP contribution in [-0.4, -0.2) is 62.0 Å². The molecular weight excluding hydrogens is 494 g/mol. The third-order valence-electron chi connectivity index (χ3n) is 5.32. The highest BCUT2D eigenvalue weighted by molar-refractivity contribution is 7.98. The topological polar surface area (TPSA) is 151 Å². The highest BCUT2D eigenvalue weighted by Gasteiger charge is 2.25. The Labute approximate surface area is 208 Å². The molecule has 0 bridgehead atoms. The molecule has 1 heterocycles. The van der Waals surface area contributed by atoms with Crippen LogP contribution in [0.4, 0.5) is 5.69 Å². The smallest absolute Gasteiger partial charge is 0.360 e. The minimum atomic E-state index is -4.19. The zero-order valence-electron chi connectivity index (χ0n) is 19.0. The summed E-state index contributed by atoms with van der Waals surface area (Å²) in [6.07, 6.45) is 2.93. The minimum Gasteiger partial charge on any atom is -0.480 e. The number of nitrogens with one attached hydrogen (secondary N) is 3. The van der Waals surface area contributed by atoms with Crippen molar-refractivity contribution < 1.29 is 32.1 Å². The molecule has 0 radical (unpaired) electrons. The molecule has 0 spiro atoms. The monoisotopic (exact) mass is 521 g/mol. The van der Waals surface area contributed by atoms with Crippen molar-refractivity contribution in [3.63, 3.8) is 0 Å². The number of carbonyl (C=O) groups is 3. The Morgan fingerprint density at radius 1 is 1.23 bits per heavy atom. The Morgan fingerprint density at radius 3 is 2.60 bits per heavy atom. The van der Waals surface area contributed by atoms with Gasteiger partial charge in [0.05, 0.1) is 18.3 Å². The summed E-state index contributed by atoms with van der Waals surface area (Å²) < 4.78 is 32.2. The van der Waals surface area contributed by atoms with Crippen LogP contribution >= 0.6 is 11.8 Å². The lowest BCUT2D eigenvalue weighted by Gasteiger charge is -2.17. The molecule has 1 aliphatic heterocycles. The highest BCUT2D eigenvalue weighted by atomic mass is 32.2. The molecule has 0 aliphatic carbocycles. The fourth-order valence-electron chi connectivity index (χ4n) is 3.54. The first-order valence-electron chi connectivity index (χ1n) is 10.9. The van der Waals surface area contributed by atoms with E-state index in [1.807, 2.05) is 6.26 Å². The number of hydrogen-bond acceptors (Lipinski definition) is 7. The van der Waals surface area contributed by atoms with Crippen molar-refractivity contribution in [2.24, 2.45) is 0 Å². The van der Waals surface area contributed by atoms with E-state index in [4.69, 9.17) is 4.18 Å². The number of anilines is 1. The van der Waals surface area contributed by atoms with Crippen LogP contribution in [0, 0.1) is 0 Å². The summed E-state index contributed by atoms with van der Waals surface area (Å²) in [5.41, 5.74) is 1.42. The maximum atomic E-state index is 13.0. The average molecular weight is 522 g/mol. The number of hydrogen-bond donors (Lipinski definition) is 4. The second-order valence-corrected chi connectivity index (χ2v) is 10.2. The van der Waals surface area contributed by atoms with Crippen molar-refractivity contribution in [3.05, 3.63) is 54.1 Å². The van der Waals surface area contributed by atoms with E-state index >= 15 is 0 Å². The third kappa shape index (κ3) is 7.70. The molecule has 0 saturated carbocycles. The van der Waals surface area contributed by atoms with Gasteiger partial charge in [-0.25, -0.2) is 4.79 Å². The first-order valence-corrected chi connectivity index (χ1v) is 13.7. The van der Waals surface area contributed by atoms with Crippen molar-refractivity contribution in [2.45, 2.75) is 31.3 Å². The number of aliphatic carboxylic acids is 1. The van der Waals surface area contributed by atoms with Gasteiger partial charge in [-0.3, -0.25) is 18.5 Å². The first-order chi connectivity index (χ1) is 16.7. The van der Waals surface area contributed by atoms with Crippen molar-refractivity contribution in [1.29, 1.82) is 0 Å². The van der Waals surface area contributed by atoms with Gasteiger partial charge in [-0.1, -0.05) is 30.3 Å². The Kier molecular flexibility index (Phi) is 9.13. The SMILES string of the molecule is CSCC[C@H](NC(=O)c1ccc(NS(=O)(=O)OC[C@@H]2CCC(=O)N2)cc1-c1ccccc1)C(=O)O. The van der Waals surface area contributed by atoms with E-state index in [9.17, 15) is 27.9 Å². The molecule has 188 valence electrons. The third-order valence-corrected chi connectivity index (χ3v) is 6.89. The van der Waals surface area contributed by atoms with Crippen molar-refractivity contribution in [2.75, 3.05) is 23.3 Å². The summed E-state index contributed by atoms with van der Waals surface area (Å²) in [5.74, 6) is -1.30. The van der Waals surface area contributed by atoms with Crippen LogP contribution in [0.15, 0.2) is 48.5 Å². The Bertz CT molecular complexity index is 1170. The quantitative estimate of drug-likeness (QED) is 0.332. The first kappa shape index (κ1) is 26.5. The maximum Gasteiger partial charge on any atom is 0.360 e. The number of thioether (sulfide) groups is 1. The molecule has 2 atom stereocenters. The van der Waals surface area contributed by atoms with Gasteiger partial charge in [0.2, 0.25) is 5.91 Å². The Balaban J connectivity index is 1.82. The van der Waals surface area contributed by atoms with Crippen LogP contribution in [0.3, 0.4) is 0 Å². The van der Waals surface area contributed by atoms with E-state index in [0.717, 1.165) is 0 Å². The zero-order valence-corrected chi connectivity index (χ0v) is 20.7. The predicted molar refractivity (Wildman–Crippen MR) is 133 cm³/mol. The second-order valence-electron chi connectivity index (χ2n) is 7.92. The van der Waals surface area contributed by atoms with Gasteiger partial charge in [-0.2, -0.15) is 20.2 Å². The van der Waals surface area contributed by atoms with E-state index < -0.39 is 28.2 Å². The maximum absolute atomic E-state index is 13.0. The van der Waals surface area contributed by atoms with Gasteiger partial charge in [0.25, 0.3) is 5.91 Å². The summed E-state index contributed by atoms with van der Waals surface area (Å²) in [6, 6.07) is 11.7. The molecule has 3 rings (SSSR count). The number of carboxylic acid groups (broad SMARTS) is 1. The molecular formula is C23H27N3O7S2. The predicted octanol–water partition coefficient (Wildman–Crippen LogP) is 2.24. The highest BCUT2D eigenvalue weighted by Crippen LogP contribution is 2.28. The van der Waals surface area contributed by atoms with Gasteiger partial charge >= 0.3 is 16.3 Å². The molecule has 1 aliphatic rings. The van der Waals surface area contributed by atoms with Crippen LogP contribution in [0.1, 0.15) is 29.6 Å². The lowest BCUT2D eigenvalue weighted by atomic mass is 9.98. The molecule has 2 aromatic rings. The van der Waals surface area contributed by atoms with Crippen LogP contribution in [0.5, 0.6) is 0 Å². The van der Waals surface area contributed by atoms with Gasteiger partial charge in [0.15, 0.2) is 0 Å². The Hall–Kier alpha value is -3.09. The van der Waals surface area contributed by atoms with Crippen LogP contribution in [0.25, 0.3) is 11.1 Å². The summed E-state index contributed by atoms with van der Waals surface area (Å²) in [6.45, 7) is -0.195. The summed E-state index contributed by atoms with van der Waals surface area (Å²) in [5, 5.41) is 14.6. The minimum absolute atomic E-state index is 0.149. The largest absolute Gasteiger partial charge is 0.480 e. The van der Waals surface area contributed by atoms with E-state index in [1.54, 1.807) is 30.3 Å². The fourth-order valence-corrected chi connectivity index (χ4v) is 4.83. The normalized spacial score (nSPS) is 16.4. The van der Waals surface area contributed by atoms with E-state index in [-0.39, 0.29) is 36.2 Å². The zero-order chi connectivity index (χ0) is 25.4. The number of benzene rings is 2. The van der Waals surface area contributed by atoms with Crippen molar-refractivity contribution in [3.8, 4) is 11.1 Å². The summed E-state index contributed by atoms with van der Waals surface area (Å²) in [4.78, 5) is 35.9. The molecule has 1 saturated heterocycles. The summed E-state index contributed by atoms with van der Waals surface area (Å²) >= 11 is 1.48. The molecule has 0 aromatic heterocycles. The molecule has 0 unspecified atom stereocenters. The van der Waals surface area contributed by atoms with E-state index in [1.165, 1.54) is 30.0 Å². The van der Waals surface area contributed by atoms with Crippen LogP contribution < -0.4 is 15.4 Å². The van der Waals surface area contributed by atoms with Gasteiger partial charge in [0, 0.05) is 12.0 Å². The fraction of sp³-hybridized carbons (Fsp3) is 0.348. The number of carbonyl (C=O) groups excluding carboxylic acids is 2. The molecule has 1 fully saturated rings. The van der Waals surface area contributed by atoms with Crippen LogP contribution in [0.2, 0.25) is 0 Å². The number of carboxylic acids is 1. The standard InChI is InChI=1S/C23H27N3O7S2/c1-34-12-11-20(23(29)30)25-22(28)18-9-7-16(13-19(18)15-5-3-2-4-6-15)26-35(31,32)33-14-17-8-10-21(27)24-17/h2-7,9,13,17,20,26H,8,10-12,14H2,1H3,(H,24,27)(H,25,28)(H,29,30)/t17-,20-/m0/s1. The van der Waals surface area contributed by atoms with Crippen LogP contribution in [-0.2, 0) is 24.1 Å². The van der Waals surface area contributed by atoms with E-state index in [2.05, 4.69) is 15.4 Å². The lowest BCUT2D eigenvalue weighted by molar-refractivity contribution is -0.139.